The Balaban J connectivity index is 0.887. The number of benzene rings is 3. The first-order valence-electron chi connectivity index (χ1n) is 17.8. The number of aromatic nitrogens is 3. The second kappa shape index (κ2) is 14.0. The molecule has 3 aromatic carbocycles. The van der Waals surface area contributed by atoms with Crippen molar-refractivity contribution >= 4 is 57.8 Å². The first-order chi connectivity index (χ1) is 25.2. The number of piperidine rings is 2. The van der Waals surface area contributed by atoms with E-state index < -0.39 is 0 Å². The molecule has 3 aliphatic rings. The summed E-state index contributed by atoms with van der Waals surface area (Å²) in [6, 6.07) is 23.6. The van der Waals surface area contributed by atoms with E-state index in [0.717, 1.165) is 53.0 Å². The molecule has 1 atom stereocenters. The van der Waals surface area contributed by atoms with E-state index in [1.54, 1.807) is 42.6 Å². The highest BCUT2D eigenvalue weighted by Gasteiger charge is 2.37. The third kappa shape index (κ3) is 6.12. The fourth-order valence-corrected chi connectivity index (χ4v) is 8.43. The van der Waals surface area contributed by atoms with Crippen molar-refractivity contribution in [2.45, 2.75) is 51.2 Å². The van der Waals surface area contributed by atoms with Gasteiger partial charge in [-0.05, 0) is 105 Å². The van der Waals surface area contributed by atoms with Crippen LogP contribution in [0.25, 0.3) is 11.0 Å². The monoisotopic (exact) mass is 736 g/mol. The van der Waals surface area contributed by atoms with Gasteiger partial charge in [0.05, 0.1) is 38.2 Å². The summed E-state index contributed by atoms with van der Waals surface area (Å²) in [4.78, 5) is 63.6. The van der Waals surface area contributed by atoms with Crippen molar-refractivity contribution in [3.63, 3.8) is 0 Å². The number of hydrogen-bond donors (Lipinski definition) is 0. The van der Waals surface area contributed by atoms with Gasteiger partial charge in [-0.1, -0.05) is 53.5 Å². The molecule has 10 nitrogen and oxygen atoms in total. The van der Waals surface area contributed by atoms with E-state index in [-0.39, 0.29) is 41.4 Å². The molecule has 52 heavy (non-hydrogen) atoms. The molecule has 0 saturated carbocycles. The van der Waals surface area contributed by atoms with Gasteiger partial charge in [0.25, 0.3) is 11.8 Å². The summed E-state index contributed by atoms with van der Waals surface area (Å²) in [5.41, 5.74) is 4.33. The van der Waals surface area contributed by atoms with Crippen LogP contribution in [0.3, 0.4) is 0 Å². The molecule has 2 saturated heterocycles. The number of nitrogens with zero attached hydrogens (tertiary/aromatic N) is 6. The molecular formula is C40H38Cl2N6O4. The Bertz CT molecular complexity index is 2230. The van der Waals surface area contributed by atoms with E-state index in [0.29, 0.717) is 59.5 Å². The summed E-state index contributed by atoms with van der Waals surface area (Å²) in [6.07, 6.45) is 4.56. The maximum atomic E-state index is 14.1. The van der Waals surface area contributed by atoms with Gasteiger partial charge in [-0.2, -0.15) is 0 Å². The van der Waals surface area contributed by atoms with Gasteiger partial charge >= 0.3 is 5.69 Å². The highest BCUT2D eigenvalue weighted by Crippen LogP contribution is 2.33. The Hall–Kier alpha value is -4.77. The predicted octanol–water partition coefficient (Wildman–Crippen LogP) is 6.99. The largest absolute Gasteiger partial charge is 0.342 e. The maximum Gasteiger partial charge on any atom is 0.329 e. The number of fused-ring (bicyclic) bond motifs is 2. The lowest BCUT2D eigenvalue weighted by Gasteiger charge is -2.37. The smallest absolute Gasteiger partial charge is 0.329 e. The molecule has 2 fully saturated rings. The van der Waals surface area contributed by atoms with Crippen molar-refractivity contribution in [1.82, 2.24) is 23.9 Å². The standard InChI is InChI=1S/C40H38Cl2N6O4/c1-25(28-10-11-32(41)33(42)23-28)46-34-8-4-5-9-35(34)47(40(46)52)29-15-20-45(21-16-29)37(49)27-13-18-44(19-14-27)24-26-12-17-43-36(22-26)48-38(50)30-6-2-3-7-31(30)39(48)51/h2-12,17,22-23,25,27,29H,13-16,18-21,24H2,1H3. The second-order valence-corrected chi connectivity index (χ2v) is 14.8. The molecule has 5 heterocycles. The second-order valence-electron chi connectivity index (χ2n) is 14.0. The molecule has 266 valence electrons. The minimum Gasteiger partial charge on any atom is -0.342 e. The van der Waals surface area contributed by atoms with E-state index in [9.17, 15) is 19.2 Å². The van der Waals surface area contributed by atoms with E-state index in [1.165, 1.54) is 0 Å². The molecule has 5 aromatic rings. The van der Waals surface area contributed by atoms with E-state index >= 15 is 0 Å². The zero-order chi connectivity index (χ0) is 36.1. The van der Waals surface area contributed by atoms with Crippen LogP contribution in [0.2, 0.25) is 10.0 Å². The number of imide groups is 1. The van der Waals surface area contributed by atoms with Gasteiger partial charge < -0.3 is 4.90 Å². The summed E-state index contributed by atoms with van der Waals surface area (Å²) in [5, 5.41) is 0.928. The van der Waals surface area contributed by atoms with Gasteiger partial charge in [0, 0.05) is 37.8 Å². The summed E-state index contributed by atoms with van der Waals surface area (Å²) in [6.45, 7) is 5.38. The number of pyridine rings is 1. The Labute approximate surface area is 311 Å². The number of rotatable bonds is 7. The molecule has 2 aromatic heterocycles. The van der Waals surface area contributed by atoms with E-state index in [2.05, 4.69) is 9.88 Å². The Morgan fingerprint density at radius 1 is 0.788 bits per heavy atom. The highest BCUT2D eigenvalue weighted by molar-refractivity contribution is 6.42. The summed E-state index contributed by atoms with van der Waals surface area (Å²) < 4.78 is 3.75. The zero-order valence-electron chi connectivity index (χ0n) is 28.8. The molecule has 12 heteroatoms. The first-order valence-corrected chi connectivity index (χ1v) is 18.6. The molecule has 0 bridgehead atoms. The summed E-state index contributed by atoms with van der Waals surface area (Å²) >= 11 is 12.5. The van der Waals surface area contributed by atoms with Gasteiger partial charge in [0.1, 0.15) is 5.82 Å². The molecule has 0 aliphatic carbocycles. The molecule has 3 aliphatic heterocycles. The van der Waals surface area contributed by atoms with Crippen LogP contribution >= 0.6 is 23.2 Å². The molecule has 0 N–H and O–H groups in total. The molecule has 0 spiro atoms. The number of carbonyl (C=O) groups excluding carboxylic acids is 3. The Morgan fingerprint density at radius 3 is 2.12 bits per heavy atom. The fourth-order valence-electron chi connectivity index (χ4n) is 8.12. The molecule has 8 rings (SSSR count). The quantitative estimate of drug-likeness (QED) is 0.167. The number of anilines is 1. The average Bonchev–Trinajstić information content (AvgIpc) is 3.61. The molecular weight excluding hydrogens is 699 g/mol. The number of carbonyl (C=O) groups is 3. The van der Waals surface area contributed by atoms with Crippen LogP contribution in [0.4, 0.5) is 5.82 Å². The molecule has 0 radical (unpaired) electrons. The van der Waals surface area contributed by atoms with Crippen molar-refractivity contribution in [3.8, 4) is 0 Å². The third-order valence-corrected chi connectivity index (χ3v) is 11.7. The lowest BCUT2D eigenvalue weighted by Crippen LogP contribution is -2.46. The van der Waals surface area contributed by atoms with Gasteiger partial charge in [-0.25, -0.2) is 14.7 Å². The van der Waals surface area contributed by atoms with Crippen molar-refractivity contribution in [2.24, 2.45) is 5.92 Å². The van der Waals surface area contributed by atoms with Crippen LogP contribution in [0.5, 0.6) is 0 Å². The van der Waals surface area contributed by atoms with Crippen molar-refractivity contribution in [1.29, 1.82) is 0 Å². The van der Waals surface area contributed by atoms with Gasteiger partial charge in [0.2, 0.25) is 5.91 Å². The third-order valence-electron chi connectivity index (χ3n) is 10.9. The summed E-state index contributed by atoms with van der Waals surface area (Å²) in [5.74, 6) is -0.248. The average molecular weight is 738 g/mol. The number of likely N-dealkylation sites (tertiary alicyclic amines) is 2. The van der Waals surface area contributed by atoms with Crippen LogP contribution in [0.15, 0.2) is 89.9 Å². The van der Waals surface area contributed by atoms with Gasteiger partial charge in [-0.3, -0.25) is 28.4 Å². The minimum absolute atomic E-state index is 0.0175. The van der Waals surface area contributed by atoms with E-state index in [1.807, 2.05) is 63.4 Å². The van der Waals surface area contributed by atoms with Crippen LogP contribution in [-0.4, -0.2) is 67.8 Å². The number of hydrogen-bond acceptors (Lipinski definition) is 6. The molecule has 1 unspecified atom stereocenters. The molecule has 3 amide bonds. The first kappa shape index (κ1) is 34.3. The highest BCUT2D eigenvalue weighted by atomic mass is 35.5. The maximum absolute atomic E-state index is 14.1. The van der Waals surface area contributed by atoms with Gasteiger partial charge in [0.15, 0.2) is 0 Å². The number of amides is 3. The topological polar surface area (TPSA) is 101 Å². The van der Waals surface area contributed by atoms with Crippen LogP contribution in [-0.2, 0) is 11.3 Å². The SMILES string of the molecule is CC(c1ccc(Cl)c(Cl)c1)n1c(=O)n(C2CCN(C(=O)C3CCN(Cc4ccnc(N5C(=O)c6ccccc6C5=O)c4)CC3)CC2)c2ccccc21. The lowest BCUT2D eigenvalue weighted by atomic mass is 9.93. The Kier molecular flexibility index (Phi) is 9.23. The van der Waals surface area contributed by atoms with Crippen molar-refractivity contribution < 1.29 is 14.4 Å². The number of halogens is 2. The van der Waals surface area contributed by atoms with Crippen molar-refractivity contribution in [3.05, 3.63) is 128 Å². The zero-order valence-corrected chi connectivity index (χ0v) is 30.3. The number of imidazole rings is 1. The van der Waals surface area contributed by atoms with Gasteiger partial charge in [-0.15, -0.1) is 0 Å². The number of para-hydroxylation sites is 2. The van der Waals surface area contributed by atoms with Crippen LogP contribution < -0.4 is 10.6 Å². The fraction of sp³-hybridized carbons (Fsp3) is 0.325. The van der Waals surface area contributed by atoms with Crippen LogP contribution in [0.1, 0.15) is 76.5 Å². The van der Waals surface area contributed by atoms with Crippen LogP contribution in [0, 0.1) is 5.92 Å². The lowest BCUT2D eigenvalue weighted by molar-refractivity contribution is -0.138. The minimum atomic E-state index is -0.359. The summed E-state index contributed by atoms with van der Waals surface area (Å²) in [7, 11) is 0. The Morgan fingerprint density at radius 2 is 1.44 bits per heavy atom. The van der Waals surface area contributed by atoms with Crippen molar-refractivity contribution in [2.75, 3.05) is 31.1 Å². The van der Waals surface area contributed by atoms with E-state index in [4.69, 9.17) is 23.2 Å². The normalized spacial score (nSPS) is 18.0. The predicted molar refractivity (Wildman–Crippen MR) is 201 cm³/mol.